The molecule has 1 atom stereocenters. The van der Waals surface area contributed by atoms with Crippen molar-refractivity contribution in [2.24, 2.45) is 0 Å². The van der Waals surface area contributed by atoms with Gasteiger partial charge in [-0.1, -0.05) is 5.92 Å². The van der Waals surface area contributed by atoms with Gasteiger partial charge in [0.1, 0.15) is 0 Å². The summed E-state index contributed by atoms with van der Waals surface area (Å²) >= 11 is 0. The highest BCUT2D eigenvalue weighted by atomic mass is 19.3. The van der Waals surface area contributed by atoms with E-state index in [2.05, 4.69) is 11.2 Å². The number of amides is 1. The maximum Gasteiger partial charge on any atom is 0.354 e. The fourth-order valence-corrected chi connectivity index (χ4v) is 1.50. The lowest BCUT2D eigenvalue weighted by Gasteiger charge is -2.24. The maximum atomic E-state index is 13.4. The van der Waals surface area contributed by atoms with E-state index in [9.17, 15) is 26.7 Å². The van der Waals surface area contributed by atoms with Crippen molar-refractivity contribution in [1.29, 1.82) is 0 Å². The van der Waals surface area contributed by atoms with Gasteiger partial charge in [0, 0.05) is 6.07 Å². The van der Waals surface area contributed by atoms with E-state index in [0.29, 0.717) is 19.1 Å². The molecule has 0 bridgehead atoms. The Kier molecular flexibility index (Phi) is 5.25. The second-order valence-corrected chi connectivity index (χ2v) is 5.40. The highest BCUT2D eigenvalue weighted by molar-refractivity contribution is 6.00. The molecule has 0 fully saturated rings. The third-order valence-electron chi connectivity index (χ3n) is 2.89. The minimum absolute atomic E-state index is 0.351. The van der Waals surface area contributed by atoms with Crippen LogP contribution in [0.5, 0.6) is 0 Å². The molecular formula is C15H15F5N2O. The molecule has 0 saturated carbocycles. The number of carbonyl (C=O) groups excluding carboxylic acids is 1. The fraction of sp³-hybridized carbons (Fsp3) is 0.400. The first-order valence-electron chi connectivity index (χ1n) is 6.49. The molecule has 0 aliphatic rings. The quantitative estimate of drug-likeness (QED) is 0.492. The normalized spacial score (nSPS) is 13.2. The predicted molar refractivity (Wildman–Crippen MR) is 75.9 cm³/mol. The number of alkyl halides is 3. The number of hydrogen-bond donors (Lipinski definition) is 2. The monoisotopic (exact) mass is 334 g/mol. The van der Waals surface area contributed by atoms with Crippen molar-refractivity contribution in [3.05, 3.63) is 29.3 Å². The Labute approximate surface area is 130 Å². The van der Waals surface area contributed by atoms with Crippen molar-refractivity contribution in [2.75, 3.05) is 5.32 Å². The lowest BCUT2D eigenvalue weighted by Crippen LogP contribution is -2.43. The number of benzene rings is 1. The summed E-state index contributed by atoms with van der Waals surface area (Å²) in [5.41, 5.74) is -2.55. The molecule has 1 rings (SSSR count). The van der Waals surface area contributed by atoms with Crippen molar-refractivity contribution in [3.63, 3.8) is 0 Å². The summed E-state index contributed by atoms with van der Waals surface area (Å²) in [5.74, 6) is -1.68. The van der Waals surface area contributed by atoms with Gasteiger partial charge in [-0.3, -0.25) is 4.79 Å². The third kappa shape index (κ3) is 4.58. The molecule has 8 heteroatoms. The highest BCUT2D eigenvalue weighted by Gasteiger charge is 2.38. The average Bonchev–Trinajstić information content (AvgIpc) is 2.41. The first kappa shape index (κ1) is 18.7. The number of terminal acetylenes is 1. The largest absolute Gasteiger partial charge is 0.354 e. The minimum Gasteiger partial charge on any atom is -0.336 e. The van der Waals surface area contributed by atoms with Gasteiger partial charge < -0.3 is 10.6 Å². The molecule has 0 aliphatic carbocycles. The number of nitrogens with one attached hydrogen (secondary N) is 2. The van der Waals surface area contributed by atoms with E-state index in [0.717, 1.165) is 0 Å². The molecule has 0 heterocycles. The second-order valence-electron chi connectivity index (χ2n) is 5.40. The molecule has 0 aliphatic heterocycles. The van der Waals surface area contributed by atoms with Crippen molar-refractivity contribution in [2.45, 2.75) is 38.5 Å². The standard InChI is InChI=1S/C15H15F5N2O/c1-5-14(3,4)22-13(23)9-6-10(17)11(18)7-12(9)21-15(19,20)8(2)16/h1,6-8,21H,2-4H3,(H,22,23). The zero-order chi connectivity index (χ0) is 18.0. The molecule has 0 radical (unpaired) electrons. The van der Waals surface area contributed by atoms with Gasteiger partial charge in [-0.2, -0.15) is 8.78 Å². The summed E-state index contributed by atoms with van der Waals surface area (Å²) in [5, 5.41) is 3.69. The second kappa shape index (κ2) is 6.44. The van der Waals surface area contributed by atoms with Crippen molar-refractivity contribution in [3.8, 4) is 12.3 Å². The number of halogens is 5. The van der Waals surface area contributed by atoms with Gasteiger partial charge >= 0.3 is 6.05 Å². The van der Waals surface area contributed by atoms with E-state index in [-0.39, 0.29) is 0 Å². The first-order chi connectivity index (χ1) is 10.4. The van der Waals surface area contributed by atoms with Crippen LogP contribution in [0.1, 0.15) is 31.1 Å². The van der Waals surface area contributed by atoms with Gasteiger partial charge in [-0.15, -0.1) is 6.42 Å². The molecule has 0 spiro atoms. The van der Waals surface area contributed by atoms with E-state index in [1.807, 2.05) is 0 Å². The lowest BCUT2D eigenvalue weighted by atomic mass is 10.0. The molecule has 1 aromatic carbocycles. The Morgan fingerprint density at radius 3 is 2.26 bits per heavy atom. The molecule has 1 unspecified atom stereocenters. The van der Waals surface area contributed by atoms with Gasteiger partial charge in [0.05, 0.1) is 16.8 Å². The van der Waals surface area contributed by atoms with Gasteiger partial charge in [0.25, 0.3) is 5.91 Å². The summed E-state index contributed by atoms with van der Waals surface area (Å²) in [6.45, 7) is 3.46. The Morgan fingerprint density at radius 1 is 1.26 bits per heavy atom. The van der Waals surface area contributed by atoms with Crippen LogP contribution in [0.3, 0.4) is 0 Å². The van der Waals surface area contributed by atoms with Gasteiger partial charge in [0.15, 0.2) is 17.8 Å². The molecule has 126 valence electrons. The predicted octanol–water partition coefficient (Wildman–Crippen LogP) is 3.47. The summed E-state index contributed by atoms with van der Waals surface area (Å²) in [6, 6.07) is -3.30. The van der Waals surface area contributed by atoms with Gasteiger partial charge in [0.2, 0.25) is 0 Å². The van der Waals surface area contributed by atoms with Crippen LogP contribution in [0.2, 0.25) is 0 Å². The molecule has 1 aromatic rings. The van der Waals surface area contributed by atoms with Crippen LogP contribution < -0.4 is 10.6 Å². The van der Waals surface area contributed by atoms with Crippen LogP contribution >= 0.6 is 0 Å². The SMILES string of the molecule is C#CC(C)(C)NC(=O)c1cc(F)c(F)cc1NC(F)(F)C(C)F. The van der Waals surface area contributed by atoms with E-state index in [1.54, 1.807) is 0 Å². The van der Waals surface area contributed by atoms with E-state index >= 15 is 0 Å². The first-order valence-corrected chi connectivity index (χ1v) is 6.49. The van der Waals surface area contributed by atoms with Crippen LogP contribution in [-0.4, -0.2) is 23.7 Å². The molecule has 0 aromatic heterocycles. The Morgan fingerprint density at radius 2 is 1.78 bits per heavy atom. The van der Waals surface area contributed by atoms with Crippen molar-refractivity contribution in [1.82, 2.24) is 5.32 Å². The van der Waals surface area contributed by atoms with E-state index in [1.165, 1.54) is 19.2 Å². The minimum atomic E-state index is -4.08. The topological polar surface area (TPSA) is 41.1 Å². The zero-order valence-corrected chi connectivity index (χ0v) is 12.6. The Balaban J connectivity index is 3.29. The average molecular weight is 334 g/mol. The van der Waals surface area contributed by atoms with Crippen LogP contribution in [-0.2, 0) is 0 Å². The maximum absolute atomic E-state index is 13.4. The molecular weight excluding hydrogens is 319 g/mol. The third-order valence-corrected chi connectivity index (χ3v) is 2.89. The Bertz CT molecular complexity index is 650. The van der Waals surface area contributed by atoms with Crippen molar-refractivity contribution >= 4 is 11.6 Å². The lowest BCUT2D eigenvalue weighted by molar-refractivity contribution is -0.0378. The molecule has 1 amide bonds. The molecule has 0 saturated heterocycles. The molecule has 23 heavy (non-hydrogen) atoms. The number of hydrogen-bond acceptors (Lipinski definition) is 2. The van der Waals surface area contributed by atoms with Crippen LogP contribution in [0.4, 0.5) is 27.6 Å². The Hall–Kier alpha value is -2.30. The van der Waals surface area contributed by atoms with Crippen molar-refractivity contribution < 1.29 is 26.7 Å². The molecule has 2 N–H and O–H groups in total. The van der Waals surface area contributed by atoms with Crippen LogP contribution in [0.15, 0.2) is 12.1 Å². The number of anilines is 1. The van der Waals surface area contributed by atoms with Crippen LogP contribution in [0, 0.1) is 24.0 Å². The van der Waals surface area contributed by atoms with E-state index in [4.69, 9.17) is 6.42 Å². The van der Waals surface area contributed by atoms with E-state index < -0.39 is 46.5 Å². The summed E-state index contributed by atoms with van der Waals surface area (Å²) < 4.78 is 66.4. The molecule has 3 nitrogen and oxygen atoms in total. The summed E-state index contributed by atoms with van der Waals surface area (Å²) in [7, 11) is 0. The fourth-order valence-electron chi connectivity index (χ4n) is 1.50. The van der Waals surface area contributed by atoms with Crippen LogP contribution in [0.25, 0.3) is 0 Å². The zero-order valence-electron chi connectivity index (χ0n) is 12.6. The van der Waals surface area contributed by atoms with Gasteiger partial charge in [-0.25, -0.2) is 13.2 Å². The number of carbonyl (C=O) groups is 1. The smallest absolute Gasteiger partial charge is 0.336 e. The summed E-state index contributed by atoms with van der Waals surface area (Å²) in [6.07, 6.45) is 2.55. The highest BCUT2D eigenvalue weighted by Crippen LogP contribution is 2.28. The summed E-state index contributed by atoms with van der Waals surface area (Å²) in [4.78, 5) is 12.1. The number of rotatable bonds is 5. The van der Waals surface area contributed by atoms with Gasteiger partial charge in [-0.05, 0) is 26.8 Å².